The highest BCUT2D eigenvalue weighted by atomic mass is 32.1. The summed E-state index contributed by atoms with van der Waals surface area (Å²) in [5, 5.41) is 19.6. The Bertz CT molecular complexity index is 1970. The number of aromatic nitrogens is 1. The van der Waals surface area contributed by atoms with Gasteiger partial charge >= 0.3 is 11.9 Å². The molecule has 0 aliphatic heterocycles. The summed E-state index contributed by atoms with van der Waals surface area (Å²) in [6, 6.07) is 16.7. The van der Waals surface area contributed by atoms with Crippen LogP contribution in [-0.2, 0) is 16.0 Å². The number of ketones is 1. The molecule has 0 saturated heterocycles. The average Bonchev–Trinajstić information content (AvgIpc) is 3.72. The second-order valence-electron chi connectivity index (χ2n) is 11.4. The smallest absolute Gasteiger partial charge is 0.303 e. The SMILES string of the molecule is COc1cc2sc(CCCC(=O)O)cc2cc1OCCCOc1cccc(OCCCOc2cc3cc(C(=O)CCC(=O)O)sc3cc2OC)n1. The Hall–Kier alpha value is -5.08. The zero-order valence-corrected chi connectivity index (χ0v) is 29.9. The molecule has 270 valence electrons. The standard InChI is InChI=1S/C37H39NO11S2/c1-44-27-21-31-23(17-25(50-31)7-3-10-36(40)41)18-29(27)46-13-5-15-48-34-8-4-9-35(38-34)49-16-6-14-47-30-19-24-20-33(26(39)11-12-37(42)43)51-32(24)22-28(30)45-2/h4,8-9,17-22H,3,5-7,10-16H2,1-2H3,(H,40,41)(H,42,43). The molecule has 0 aliphatic rings. The lowest BCUT2D eigenvalue weighted by molar-refractivity contribution is -0.138. The maximum atomic E-state index is 12.4. The van der Waals surface area contributed by atoms with Crippen molar-refractivity contribution < 1.29 is 53.0 Å². The van der Waals surface area contributed by atoms with Crippen LogP contribution in [0.2, 0.25) is 0 Å². The van der Waals surface area contributed by atoms with Crippen LogP contribution in [0, 0.1) is 0 Å². The number of aryl methyl sites for hydroxylation is 1. The van der Waals surface area contributed by atoms with Gasteiger partial charge in [-0.1, -0.05) is 6.07 Å². The number of carbonyl (C=O) groups is 3. The first-order chi connectivity index (χ1) is 24.7. The third-order valence-electron chi connectivity index (χ3n) is 7.60. The van der Waals surface area contributed by atoms with E-state index in [9.17, 15) is 14.4 Å². The Balaban J connectivity index is 1.03. The third-order valence-corrected chi connectivity index (χ3v) is 9.90. The number of carboxylic acids is 2. The number of nitrogens with zero attached hydrogens (tertiary/aromatic N) is 1. The van der Waals surface area contributed by atoms with Crippen LogP contribution < -0.4 is 28.4 Å². The van der Waals surface area contributed by atoms with Crippen LogP contribution in [0.4, 0.5) is 0 Å². The number of carboxylic acid groups (broad SMARTS) is 2. The molecule has 0 saturated carbocycles. The summed E-state index contributed by atoms with van der Waals surface area (Å²) < 4.78 is 36.6. The minimum atomic E-state index is -1.00. The van der Waals surface area contributed by atoms with Crippen LogP contribution >= 0.6 is 22.7 Å². The van der Waals surface area contributed by atoms with Gasteiger partial charge in [0.2, 0.25) is 11.8 Å². The summed E-state index contributed by atoms with van der Waals surface area (Å²) >= 11 is 2.93. The molecule has 0 atom stereocenters. The number of methoxy groups -OCH3 is 2. The number of rotatable bonds is 22. The van der Waals surface area contributed by atoms with Crippen molar-refractivity contribution in [3.63, 3.8) is 0 Å². The molecule has 2 aromatic carbocycles. The first-order valence-electron chi connectivity index (χ1n) is 16.4. The summed E-state index contributed by atoms with van der Waals surface area (Å²) in [5.41, 5.74) is 0. The lowest BCUT2D eigenvalue weighted by Crippen LogP contribution is -2.08. The van der Waals surface area contributed by atoms with Gasteiger partial charge in [0, 0.05) is 64.2 Å². The van der Waals surface area contributed by atoms with E-state index in [1.54, 1.807) is 43.8 Å². The summed E-state index contributed by atoms with van der Waals surface area (Å²) in [7, 11) is 3.15. The van der Waals surface area contributed by atoms with Crippen molar-refractivity contribution in [1.29, 1.82) is 0 Å². The van der Waals surface area contributed by atoms with Crippen molar-refractivity contribution in [3.05, 3.63) is 64.4 Å². The molecule has 0 fully saturated rings. The summed E-state index contributed by atoms with van der Waals surface area (Å²) in [6.45, 7) is 1.50. The third kappa shape index (κ3) is 10.7. The number of fused-ring (bicyclic) bond motifs is 2. The first kappa shape index (κ1) is 37.2. The molecule has 3 heterocycles. The average molecular weight is 738 g/mol. The first-order valence-corrected chi connectivity index (χ1v) is 18.0. The van der Waals surface area contributed by atoms with E-state index in [-0.39, 0.29) is 25.0 Å². The number of benzene rings is 2. The van der Waals surface area contributed by atoms with E-state index in [1.165, 1.54) is 11.3 Å². The van der Waals surface area contributed by atoms with Gasteiger partial charge < -0.3 is 38.6 Å². The van der Waals surface area contributed by atoms with E-state index in [2.05, 4.69) is 11.1 Å². The number of thiophene rings is 2. The van der Waals surface area contributed by atoms with Crippen molar-refractivity contribution in [1.82, 2.24) is 4.98 Å². The van der Waals surface area contributed by atoms with Crippen LogP contribution in [-0.4, -0.2) is 73.6 Å². The molecule has 0 bridgehead atoms. The normalized spacial score (nSPS) is 11.0. The minimum absolute atomic E-state index is 0.0472. The van der Waals surface area contributed by atoms with Crippen molar-refractivity contribution in [2.45, 2.75) is 44.9 Å². The molecule has 0 unspecified atom stereocenters. The Morgan fingerprint density at radius 1 is 0.627 bits per heavy atom. The molecule has 5 rings (SSSR count). The number of hydrogen-bond acceptors (Lipinski definition) is 12. The fraction of sp³-hybridized carbons (Fsp3) is 0.351. The second kappa shape index (κ2) is 18.2. The Labute approximate surface area is 302 Å². The van der Waals surface area contributed by atoms with E-state index in [0.29, 0.717) is 91.7 Å². The fourth-order valence-corrected chi connectivity index (χ4v) is 7.26. The molecule has 14 heteroatoms. The summed E-state index contributed by atoms with van der Waals surface area (Å²) in [4.78, 5) is 40.1. The fourth-order valence-electron chi connectivity index (χ4n) is 5.10. The Morgan fingerprint density at radius 2 is 1.18 bits per heavy atom. The van der Waals surface area contributed by atoms with E-state index < -0.39 is 11.9 Å². The Kier molecular flexibility index (Phi) is 13.3. The van der Waals surface area contributed by atoms with E-state index >= 15 is 0 Å². The quantitative estimate of drug-likeness (QED) is 0.0528. The van der Waals surface area contributed by atoms with Gasteiger partial charge in [0.1, 0.15) is 0 Å². The van der Waals surface area contributed by atoms with E-state index in [1.807, 2.05) is 30.3 Å². The van der Waals surface area contributed by atoms with E-state index in [4.69, 9.17) is 38.6 Å². The second-order valence-corrected chi connectivity index (χ2v) is 13.6. The molecule has 0 radical (unpaired) electrons. The number of hydrogen-bond donors (Lipinski definition) is 2. The topological polar surface area (TPSA) is 160 Å². The molecule has 51 heavy (non-hydrogen) atoms. The maximum absolute atomic E-state index is 12.4. The van der Waals surface area contributed by atoms with Gasteiger partial charge in [-0.3, -0.25) is 14.4 Å². The number of aliphatic carboxylic acids is 2. The molecular weight excluding hydrogens is 699 g/mol. The predicted octanol–water partition coefficient (Wildman–Crippen LogP) is 7.68. The number of Topliss-reactive ketones (excluding diaryl/α,β-unsaturated/α-hetero) is 1. The highest BCUT2D eigenvalue weighted by Gasteiger charge is 2.16. The van der Waals surface area contributed by atoms with Gasteiger partial charge in [0.15, 0.2) is 28.8 Å². The van der Waals surface area contributed by atoms with Gasteiger partial charge in [-0.2, -0.15) is 4.98 Å². The van der Waals surface area contributed by atoms with Crippen molar-refractivity contribution in [2.75, 3.05) is 40.6 Å². The molecule has 2 N–H and O–H groups in total. The maximum Gasteiger partial charge on any atom is 0.303 e. The lowest BCUT2D eigenvalue weighted by Gasteiger charge is -2.12. The molecule has 0 amide bonds. The predicted molar refractivity (Wildman–Crippen MR) is 194 cm³/mol. The van der Waals surface area contributed by atoms with Gasteiger partial charge in [-0.25, -0.2) is 0 Å². The number of ether oxygens (including phenoxy) is 6. The van der Waals surface area contributed by atoms with Crippen molar-refractivity contribution in [2.24, 2.45) is 0 Å². The van der Waals surface area contributed by atoms with Crippen LogP contribution in [0.1, 0.15) is 53.1 Å². The monoisotopic (exact) mass is 737 g/mol. The van der Waals surface area contributed by atoms with Crippen LogP contribution in [0.3, 0.4) is 0 Å². The van der Waals surface area contributed by atoms with Gasteiger partial charge in [0.25, 0.3) is 0 Å². The number of carbonyl (C=O) groups excluding carboxylic acids is 1. The molecule has 5 aromatic rings. The zero-order valence-electron chi connectivity index (χ0n) is 28.3. The molecule has 12 nitrogen and oxygen atoms in total. The van der Waals surface area contributed by atoms with E-state index in [0.717, 1.165) is 25.0 Å². The van der Waals surface area contributed by atoms with Crippen LogP contribution in [0.25, 0.3) is 20.2 Å². The molecule has 0 spiro atoms. The van der Waals surface area contributed by atoms with Crippen molar-refractivity contribution >= 4 is 60.6 Å². The Morgan fingerprint density at radius 3 is 1.75 bits per heavy atom. The lowest BCUT2D eigenvalue weighted by atomic mass is 10.1. The minimum Gasteiger partial charge on any atom is -0.493 e. The zero-order chi connectivity index (χ0) is 36.2. The molecule has 0 aliphatic carbocycles. The van der Waals surface area contributed by atoms with Crippen molar-refractivity contribution in [3.8, 4) is 34.8 Å². The summed E-state index contributed by atoms with van der Waals surface area (Å²) in [5.74, 6) is 1.22. The van der Waals surface area contributed by atoms with Gasteiger partial charge in [-0.15, -0.1) is 22.7 Å². The van der Waals surface area contributed by atoms with Crippen LogP contribution in [0.15, 0.2) is 54.6 Å². The van der Waals surface area contributed by atoms with Crippen LogP contribution in [0.5, 0.6) is 34.8 Å². The highest BCUT2D eigenvalue weighted by Crippen LogP contribution is 2.38. The summed E-state index contributed by atoms with van der Waals surface area (Å²) in [6.07, 6.45) is 2.39. The molecular formula is C37H39NO11S2. The molecule has 3 aromatic heterocycles. The largest absolute Gasteiger partial charge is 0.493 e. The van der Waals surface area contributed by atoms with Gasteiger partial charge in [-0.05, 0) is 47.9 Å². The van der Waals surface area contributed by atoms with Gasteiger partial charge in [0.05, 0.1) is 51.9 Å². The number of pyridine rings is 1. The highest BCUT2D eigenvalue weighted by molar-refractivity contribution is 7.21.